The van der Waals surface area contributed by atoms with Gasteiger partial charge in [0.15, 0.2) is 9.84 Å². The summed E-state index contributed by atoms with van der Waals surface area (Å²) in [6.07, 6.45) is 0. The molecule has 1 atom stereocenters. The molecule has 1 aliphatic rings. The van der Waals surface area contributed by atoms with Gasteiger partial charge in [0.1, 0.15) is 5.25 Å². The van der Waals surface area contributed by atoms with E-state index in [1.807, 2.05) is 0 Å². The lowest BCUT2D eigenvalue weighted by Gasteiger charge is -2.21. The van der Waals surface area contributed by atoms with Gasteiger partial charge in [-0.25, -0.2) is 8.42 Å². The Morgan fingerprint density at radius 3 is 2.86 bits per heavy atom. The van der Waals surface area contributed by atoms with Crippen LogP contribution in [0.3, 0.4) is 0 Å². The fourth-order valence-corrected chi connectivity index (χ4v) is 4.64. The van der Waals surface area contributed by atoms with Crippen LogP contribution in [0.1, 0.15) is 10.1 Å². The second kappa shape index (κ2) is 3.81. The Labute approximate surface area is 92.0 Å². The van der Waals surface area contributed by atoms with Gasteiger partial charge < -0.3 is 5.32 Å². The molecule has 1 fully saturated rings. The molecule has 0 amide bonds. The Kier molecular flexibility index (Phi) is 2.83. The third kappa shape index (κ3) is 1.95. The molecule has 2 rings (SSSR count). The first-order valence-corrected chi connectivity index (χ1v) is 7.18. The van der Waals surface area contributed by atoms with Crippen LogP contribution in [0.4, 0.5) is 0 Å². The molecule has 0 bridgehead atoms. The van der Waals surface area contributed by atoms with Crippen molar-refractivity contribution in [1.82, 2.24) is 5.32 Å². The average Bonchev–Trinajstić information content (AvgIpc) is 2.51. The second-order valence-corrected chi connectivity index (χ2v) is 7.25. The maximum absolute atomic E-state index is 11.7. The first-order valence-electron chi connectivity index (χ1n) is 4.27. The minimum atomic E-state index is -2.97. The molecule has 1 aliphatic heterocycles. The fourth-order valence-electron chi connectivity index (χ4n) is 1.50. The van der Waals surface area contributed by atoms with E-state index in [1.165, 1.54) is 11.3 Å². The summed E-state index contributed by atoms with van der Waals surface area (Å²) in [4.78, 5) is 0.835. The van der Waals surface area contributed by atoms with Crippen LogP contribution in [0.25, 0.3) is 0 Å². The van der Waals surface area contributed by atoms with E-state index < -0.39 is 15.1 Å². The highest BCUT2D eigenvalue weighted by Crippen LogP contribution is 2.32. The SMILES string of the molecule is O=S1(=O)CCNCC1c1ccc(Cl)s1. The van der Waals surface area contributed by atoms with Crippen LogP contribution in [-0.2, 0) is 9.84 Å². The Morgan fingerprint density at radius 2 is 2.29 bits per heavy atom. The molecule has 6 heteroatoms. The van der Waals surface area contributed by atoms with Crippen LogP contribution in [0.15, 0.2) is 12.1 Å². The molecule has 0 saturated carbocycles. The van der Waals surface area contributed by atoms with Crippen LogP contribution >= 0.6 is 22.9 Å². The zero-order valence-electron chi connectivity index (χ0n) is 7.36. The maximum atomic E-state index is 11.7. The predicted molar refractivity (Wildman–Crippen MR) is 58.7 cm³/mol. The number of nitrogens with one attached hydrogen (secondary N) is 1. The zero-order valence-corrected chi connectivity index (χ0v) is 9.75. The van der Waals surface area contributed by atoms with Crippen molar-refractivity contribution in [2.24, 2.45) is 0 Å². The normalized spacial score (nSPS) is 26.2. The van der Waals surface area contributed by atoms with Crippen molar-refractivity contribution in [2.45, 2.75) is 5.25 Å². The summed E-state index contributed by atoms with van der Waals surface area (Å²) in [5.41, 5.74) is 0. The van der Waals surface area contributed by atoms with Crippen LogP contribution in [0.2, 0.25) is 4.34 Å². The molecule has 0 radical (unpaired) electrons. The summed E-state index contributed by atoms with van der Waals surface area (Å²) in [5.74, 6) is 0.215. The molecule has 0 spiro atoms. The van der Waals surface area contributed by atoms with E-state index in [-0.39, 0.29) is 5.75 Å². The summed E-state index contributed by atoms with van der Waals surface area (Å²) in [7, 11) is -2.97. The maximum Gasteiger partial charge on any atom is 0.160 e. The molecule has 1 aromatic heterocycles. The van der Waals surface area contributed by atoms with Crippen LogP contribution in [-0.4, -0.2) is 27.3 Å². The first kappa shape index (κ1) is 10.4. The minimum absolute atomic E-state index is 0.215. The van der Waals surface area contributed by atoms with E-state index in [0.717, 1.165) is 4.88 Å². The van der Waals surface area contributed by atoms with Crippen LogP contribution in [0.5, 0.6) is 0 Å². The molecule has 1 unspecified atom stereocenters. The zero-order chi connectivity index (χ0) is 10.2. The molecule has 1 N–H and O–H groups in total. The average molecular weight is 252 g/mol. The van der Waals surface area contributed by atoms with Crippen molar-refractivity contribution < 1.29 is 8.42 Å². The number of sulfone groups is 1. The Balaban J connectivity index is 2.33. The third-order valence-corrected chi connectivity index (χ3v) is 5.79. The van der Waals surface area contributed by atoms with Gasteiger partial charge in [-0.3, -0.25) is 0 Å². The van der Waals surface area contributed by atoms with E-state index >= 15 is 0 Å². The first-order chi connectivity index (χ1) is 6.59. The van der Waals surface area contributed by atoms with Gasteiger partial charge in [-0.1, -0.05) is 11.6 Å². The minimum Gasteiger partial charge on any atom is -0.314 e. The lowest BCUT2D eigenvalue weighted by Crippen LogP contribution is -2.38. The quantitative estimate of drug-likeness (QED) is 0.822. The van der Waals surface area contributed by atoms with Crippen molar-refractivity contribution in [2.75, 3.05) is 18.8 Å². The van der Waals surface area contributed by atoms with Gasteiger partial charge in [0.2, 0.25) is 0 Å². The number of hydrogen-bond donors (Lipinski definition) is 1. The van der Waals surface area contributed by atoms with Crippen molar-refractivity contribution in [3.8, 4) is 0 Å². The Morgan fingerprint density at radius 1 is 1.50 bits per heavy atom. The van der Waals surface area contributed by atoms with Crippen LogP contribution in [0, 0.1) is 0 Å². The number of halogens is 1. The van der Waals surface area contributed by atoms with E-state index in [0.29, 0.717) is 17.4 Å². The molecule has 78 valence electrons. The van der Waals surface area contributed by atoms with Gasteiger partial charge in [-0.15, -0.1) is 11.3 Å². The fraction of sp³-hybridized carbons (Fsp3) is 0.500. The van der Waals surface area contributed by atoms with Crippen molar-refractivity contribution >= 4 is 32.8 Å². The van der Waals surface area contributed by atoms with Crippen molar-refractivity contribution in [3.63, 3.8) is 0 Å². The van der Waals surface area contributed by atoms with Crippen LogP contribution < -0.4 is 5.32 Å². The van der Waals surface area contributed by atoms with E-state index in [4.69, 9.17) is 11.6 Å². The molecular formula is C8H10ClNO2S2. The Bertz CT molecular complexity index is 426. The van der Waals surface area contributed by atoms with Gasteiger partial charge in [0.05, 0.1) is 10.1 Å². The molecule has 0 aliphatic carbocycles. The lowest BCUT2D eigenvalue weighted by atomic mass is 10.3. The van der Waals surface area contributed by atoms with Gasteiger partial charge in [0, 0.05) is 18.0 Å². The highest BCUT2D eigenvalue weighted by molar-refractivity contribution is 7.91. The number of hydrogen-bond acceptors (Lipinski definition) is 4. The summed E-state index contributed by atoms with van der Waals surface area (Å²) < 4.78 is 24.1. The highest BCUT2D eigenvalue weighted by atomic mass is 35.5. The summed E-state index contributed by atoms with van der Waals surface area (Å²) >= 11 is 7.12. The highest BCUT2D eigenvalue weighted by Gasteiger charge is 2.31. The Hall–Kier alpha value is -0.100. The largest absolute Gasteiger partial charge is 0.314 e. The number of rotatable bonds is 1. The van der Waals surface area contributed by atoms with Gasteiger partial charge >= 0.3 is 0 Å². The number of thiophene rings is 1. The second-order valence-electron chi connectivity index (χ2n) is 3.20. The van der Waals surface area contributed by atoms with E-state index in [9.17, 15) is 8.42 Å². The van der Waals surface area contributed by atoms with Gasteiger partial charge in [-0.05, 0) is 12.1 Å². The third-order valence-electron chi connectivity index (χ3n) is 2.24. The van der Waals surface area contributed by atoms with E-state index in [1.54, 1.807) is 12.1 Å². The predicted octanol–water partition coefficient (Wildman–Crippen LogP) is 1.46. The molecular weight excluding hydrogens is 242 g/mol. The molecule has 3 nitrogen and oxygen atoms in total. The summed E-state index contributed by atoms with van der Waals surface area (Å²) in [5, 5.41) is 2.67. The monoisotopic (exact) mass is 251 g/mol. The smallest absolute Gasteiger partial charge is 0.160 e. The van der Waals surface area contributed by atoms with Crippen molar-refractivity contribution in [3.05, 3.63) is 21.3 Å². The summed E-state index contributed by atoms with van der Waals surface area (Å²) in [6, 6.07) is 3.54. The van der Waals surface area contributed by atoms with Gasteiger partial charge in [0.25, 0.3) is 0 Å². The van der Waals surface area contributed by atoms with E-state index in [2.05, 4.69) is 5.32 Å². The molecule has 14 heavy (non-hydrogen) atoms. The topological polar surface area (TPSA) is 46.2 Å². The van der Waals surface area contributed by atoms with Gasteiger partial charge in [-0.2, -0.15) is 0 Å². The molecule has 1 aromatic rings. The molecule has 0 aromatic carbocycles. The lowest BCUT2D eigenvalue weighted by molar-refractivity contribution is 0.553. The van der Waals surface area contributed by atoms with Crippen molar-refractivity contribution in [1.29, 1.82) is 0 Å². The molecule has 2 heterocycles. The molecule has 1 saturated heterocycles. The summed E-state index contributed by atoms with van der Waals surface area (Å²) in [6.45, 7) is 1.05. The standard InChI is InChI=1S/C8H10ClNO2S2/c9-8-2-1-6(13-8)7-5-10-3-4-14(7,11)12/h1-2,7,10H,3-5H2.